The minimum atomic E-state index is -4.48. The van der Waals surface area contributed by atoms with E-state index in [0.29, 0.717) is 36.3 Å². The van der Waals surface area contributed by atoms with Gasteiger partial charge in [-0.15, -0.1) is 0 Å². The van der Waals surface area contributed by atoms with Crippen LogP contribution in [0.4, 0.5) is 24.5 Å². The largest absolute Gasteiger partial charge is 0.416 e. The van der Waals surface area contributed by atoms with Crippen LogP contribution >= 0.6 is 24.0 Å². The molecular weight excluding hydrogens is 423 g/mol. The molecule has 0 atom stereocenters. The number of carbonyl (C=O) groups is 1. The standard InChI is InChI=1S/C19H24F3N3O2S2/c20-19(21,22)14-4-5-16(24-8-10-27-11-9-24)15(12-14)23-17(26)13-29-18(28)25-6-2-1-3-7-25/h4-5,12H,1-3,6-11,13H2,(H,23,26). The van der Waals surface area contributed by atoms with E-state index in [4.69, 9.17) is 17.0 Å². The number of halogens is 3. The predicted molar refractivity (Wildman–Crippen MR) is 114 cm³/mol. The van der Waals surface area contributed by atoms with Gasteiger partial charge in [0.2, 0.25) is 5.91 Å². The van der Waals surface area contributed by atoms with Gasteiger partial charge in [-0.05, 0) is 37.5 Å². The molecule has 0 aliphatic carbocycles. The lowest BCUT2D eigenvalue weighted by Crippen LogP contribution is -2.37. The normalized spacial score (nSPS) is 17.9. The molecule has 0 unspecified atom stereocenters. The number of hydrogen-bond donors (Lipinski definition) is 1. The second-order valence-electron chi connectivity index (χ2n) is 6.98. The van der Waals surface area contributed by atoms with Gasteiger partial charge in [-0.2, -0.15) is 13.2 Å². The summed E-state index contributed by atoms with van der Waals surface area (Å²) in [6.07, 6.45) is -1.13. The lowest BCUT2D eigenvalue weighted by molar-refractivity contribution is -0.137. The fourth-order valence-electron chi connectivity index (χ4n) is 3.37. The summed E-state index contributed by atoms with van der Waals surface area (Å²) >= 11 is 6.64. The van der Waals surface area contributed by atoms with E-state index in [9.17, 15) is 18.0 Å². The number of likely N-dealkylation sites (tertiary alicyclic amines) is 1. The number of ether oxygens (including phenoxy) is 1. The molecule has 2 heterocycles. The van der Waals surface area contributed by atoms with E-state index in [-0.39, 0.29) is 17.3 Å². The summed E-state index contributed by atoms with van der Waals surface area (Å²) in [7, 11) is 0. The Morgan fingerprint density at radius 2 is 1.83 bits per heavy atom. The van der Waals surface area contributed by atoms with Crippen LogP contribution in [0, 0.1) is 0 Å². The Labute approximate surface area is 177 Å². The average molecular weight is 448 g/mol. The van der Waals surface area contributed by atoms with Crippen LogP contribution in [0.15, 0.2) is 18.2 Å². The van der Waals surface area contributed by atoms with Gasteiger partial charge < -0.3 is 19.9 Å². The summed E-state index contributed by atoms with van der Waals surface area (Å²) in [6, 6.07) is 3.45. The summed E-state index contributed by atoms with van der Waals surface area (Å²) in [5.41, 5.74) is -0.0595. The molecule has 0 bridgehead atoms. The van der Waals surface area contributed by atoms with Crippen LogP contribution in [0.25, 0.3) is 0 Å². The maximum absolute atomic E-state index is 13.2. The third kappa shape index (κ3) is 6.23. The number of thioether (sulfide) groups is 1. The number of benzene rings is 1. The van der Waals surface area contributed by atoms with Crippen LogP contribution < -0.4 is 10.2 Å². The van der Waals surface area contributed by atoms with Gasteiger partial charge in [0.1, 0.15) is 4.32 Å². The lowest BCUT2D eigenvalue weighted by Gasteiger charge is -2.31. The minimum absolute atomic E-state index is 0.0636. The van der Waals surface area contributed by atoms with Crippen LogP contribution in [-0.2, 0) is 15.7 Å². The van der Waals surface area contributed by atoms with Gasteiger partial charge in [0.05, 0.1) is 35.9 Å². The molecule has 0 saturated carbocycles. The highest BCUT2D eigenvalue weighted by molar-refractivity contribution is 8.23. The zero-order valence-electron chi connectivity index (χ0n) is 16.0. The molecule has 0 spiro atoms. The molecule has 5 nitrogen and oxygen atoms in total. The number of piperidine rings is 1. The van der Waals surface area contributed by atoms with Gasteiger partial charge in [-0.3, -0.25) is 4.79 Å². The van der Waals surface area contributed by atoms with Crippen LogP contribution in [0.3, 0.4) is 0 Å². The first kappa shape index (κ1) is 22.2. The Morgan fingerprint density at radius 1 is 1.14 bits per heavy atom. The Morgan fingerprint density at radius 3 is 2.48 bits per heavy atom. The first-order valence-electron chi connectivity index (χ1n) is 9.60. The third-order valence-corrected chi connectivity index (χ3v) is 6.41. The highest BCUT2D eigenvalue weighted by atomic mass is 32.2. The summed E-state index contributed by atoms with van der Waals surface area (Å²) in [4.78, 5) is 16.5. The summed E-state index contributed by atoms with van der Waals surface area (Å²) < 4.78 is 45.5. The van der Waals surface area contributed by atoms with Crippen LogP contribution in [0.2, 0.25) is 0 Å². The van der Waals surface area contributed by atoms with Crippen LogP contribution in [0.5, 0.6) is 0 Å². The van der Waals surface area contributed by atoms with Crippen molar-refractivity contribution in [1.82, 2.24) is 4.90 Å². The average Bonchev–Trinajstić information content (AvgIpc) is 2.72. The van der Waals surface area contributed by atoms with Crippen LogP contribution in [0.1, 0.15) is 24.8 Å². The predicted octanol–water partition coefficient (Wildman–Crippen LogP) is 3.98. The zero-order chi connectivity index (χ0) is 20.9. The van der Waals surface area contributed by atoms with E-state index in [1.165, 1.54) is 24.2 Å². The van der Waals surface area contributed by atoms with Gasteiger partial charge in [0.25, 0.3) is 0 Å². The third-order valence-electron chi connectivity index (χ3n) is 4.89. The van der Waals surface area contributed by atoms with E-state index >= 15 is 0 Å². The first-order chi connectivity index (χ1) is 13.8. The lowest BCUT2D eigenvalue weighted by atomic mass is 10.1. The second kappa shape index (κ2) is 9.99. The maximum atomic E-state index is 13.2. The smallest absolute Gasteiger partial charge is 0.378 e. The van der Waals surface area contributed by atoms with Crippen molar-refractivity contribution in [3.8, 4) is 0 Å². The number of morpholine rings is 1. The number of hydrogen-bond acceptors (Lipinski definition) is 5. The number of anilines is 2. The van der Waals surface area contributed by atoms with Crippen molar-refractivity contribution < 1.29 is 22.7 Å². The topological polar surface area (TPSA) is 44.8 Å². The van der Waals surface area contributed by atoms with E-state index in [0.717, 1.165) is 38.1 Å². The van der Waals surface area contributed by atoms with Gasteiger partial charge >= 0.3 is 6.18 Å². The Hall–Kier alpha value is -1.52. The van der Waals surface area contributed by atoms with Crippen molar-refractivity contribution in [3.05, 3.63) is 23.8 Å². The van der Waals surface area contributed by atoms with Gasteiger partial charge in [0, 0.05) is 26.2 Å². The van der Waals surface area contributed by atoms with E-state index in [1.54, 1.807) is 0 Å². The van der Waals surface area contributed by atoms with Crippen LogP contribution in [-0.4, -0.2) is 60.3 Å². The van der Waals surface area contributed by atoms with Crippen molar-refractivity contribution in [2.24, 2.45) is 0 Å². The molecule has 160 valence electrons. The van der Waals surface area contributed by atoms with Crippen molar-refractivity contribution in [2.45, 2.75) is 25.4 Å². The zero-order valence-corrected chi connectivity index (χ0v) is 17.6. The number of nitrogens with zero attached hydrogens (tertiary/aromatic N) is 2. The molecule has 1 aromatic rings. The molecule has 2 aliphatic rings. The number of nitrogens with one attached hydrogen (secondary N) is 1. The molecule has 3 rings (SSSR count). The Balaban J connectivity index is 1.68. The van der Waals surface area contributed by atoms with Gasteiger partial charge in [0.15, 0.2) is 0 Å². The molecule has 2 aliphatic heterocycles. The quantitative estimate of drug-likeness (QED) is 0.705. The monoisotopic (exact) mass is 447 g/mol. The number of thiocarbonyl (C=S) groups is 1. The molecule has 0 aromatic heterocycles. The SMILES string of the molecule is O=C(CSC(=S)N1CCCCC1)Nc1cc(C(F)(F)F)ccc1N1CCOCC1. The second-order valence-corrected chi connectivity index (χ2v) is 8.59. The number of carbonyl (C=O) groups excluding carboxylic acids is 1. The first-order valence-corrected chi connectivity index (χ1v) is 11.0. The molecule has 2 saturated heterocycles. The molecule has 1 N–H and O–H groups in total. The number of amides is 1. The van der Waals surface area contributed by atoms with Crippen molar-refractivity contribution in [3.63, 3.8) is 0 Å². The molecule has 29 heavy (non-hydrogen) atoms. The van der Waals surface area contributed by atoms with Gasteiger partial charge in [-0.1, -0.05) is 24.0 Å². The minimum Gasteiger partial charge on any atom is -0.378 e. The fraction of sp³-hybridized carbons (Fsp3) is 0.579. The molecular formula is C19H24F3N3O2S2. The highest BCUT2D eigenvalue weighted by Gasteiger charge is 2.32. The molecule has 0 radical (unpaired) electrons. The molecule has 1 amide bonds. The molecule has 1 aromatic carbocycles. The van der Waals surface area contributed by atoms with E-state index in [1.807, 2.05) is 4.90 Å². The van der Waals surface area contributed by atoms with Crippen molar-refractivity contribution >= 4 is 45.6 Å². The van der Waals surface area contributed by atoms with E-state index < -0.39 is 11.7 Å². The summed E-state index contributed by atoms with van der Waals surface area (Å²) in [5, 5.41) is 2.66. The van der Waals surface area contributed by atoms with Crippen molar-refractivity contribution in [2.75, 3.05) is 55.4 Å². The Bertz CT molecular complexity index is 734. The Kier molecular flexibility index (Phi) is 7.64. The molecule has 10 heteroatoms. The van der Waals surface area contributed by atoms with Gasteiger partial charge in [-0.25, -0.2) is 0 Å². The maximum Gasteiger partial charge on any atom is 0.416 e. The van der Waals surface area contributed by atoms with E-state index in [2.05, 4.69) is 10.2 Å². The van der Waals surface area contributed by atoms with Crippen molar-refractivity contribution in [1.29, 1.82) is 0 Å². The summed E-state index contributed by atoms with van der Waals surface area (Å²) in [6.45, 7) is 3.89. The fourth-order valence-corrected chi connectivity index (χ4v) is 4.43. The summed E-state index contributed by atoms with van der Waals surface area (Å²) in [5.74, 6) is -0.308. The number of rotatable bonds is 4. The molecule has 2 fully saturated rings. The number of alkyl halides is 3. The highest BCUT2D eigenvalue weighted by Crippen LogP contribution is 2.36.